The maximum absolute atomic E-state index is 11.8. The molecular formula is C10H12N2O4. The fourth-order valence-corrected chi connectivity index (χ4v) is 1.65. The molecule has 2 rings (SSSR count). The predicted molar refractivity (Wildman–Crippen MR) is 53.8 cm³/mol. The SMILES string of the molecule is O=C(c1ncccc1O)N1C[C@@H](O)[C@@H](O)C1. The van der Waals surface area contributed by atoms with Crippen LogP contribution in [0.5, 0.6) is 5.75 Å². The number of hydrogen-bond donors (Lipinski definition) is 3. The normalized spacial score (nSPS) is 24.8. The zero-order valence-electron chi connectivity index (χ0n) is 8.45. The van der Waals surface area contributed by atoms with Crippen LogP contribution < -0.4 is 0 Å². The van der Waals surface area contributed by atoms with Crippen molar-refractivity contribution in [3.05, 3.63) is 24.0 Å². The molecule has 0 unspecified atom stereocenters. The lowest BCUT2D eigenvalue weighted by Crippen LogP contribution is -2.30. The minimum atomic E-state index is -0.935. The van der Waals surface area contributed by atoms with Crippen molar-refractivity contribution in [2.45, 2.75) is 12.2 Å². The predicted octanol–water partition coefficient (Wildman–Crippen LogP) is -1.04. The Hall–Kier alpha value is -1.66. The summed E-state index contributed by atoms with van der Waals surface area (Å²) in [4.78, 5) is 16.9. The molecule has 1 aliphatic heterocycles. The molecule has 6 nitrogen and oxygen atoms in total. The van der Waals surface area contributed by atoms with Crippen LogP contribution in [0.1, 0.15) is 10.5 Å². The number of aromatic hydroxyl groups is 1. The van der Waals surface area contributed by atoms with E-state index in [-0.39, 0.29) is 24.5 Å². The minimum Gasteiger partial charge on any atom is -0.505 e. The Morgan fingerprint density at radius 2 is 2.00 bits per heavy atom. The summed E-state index contributed by atoms with van der Waals surface area (Å²) in [6.07, 6.45) is -0.472. The number of amides is 1. The smallest absolute Gasteiger partial charge is 0.276 e. The number of aromatic nitrogens is 1. The molecule has 2 heterocycles. The van der Waals surface area contributed by atoms with Gasteiger partial charge in [0.15, 0.2) is 5.69 Å². The Morgan fingerprint density at radius 1 is 1.38 bits per heavy atom. The molecule has 1 aromatic heterocycles. The van der Waals surface area contributed by atoms with Crippen LogP contribution in [0.25, 0.3) is 0 Å². The summed E-state index contributed by atoms with van der Waals surface area (Å²) in [5, 5.41) is 28.1. The Balaban J connectivity index is 2.18. The molecule has 1 aliphatic rings. The molecule has 0 bridgehead atoms. The van der Waals surface area contributed by atoms with Crippen LogP contribution in [0.2, 0.25) is 0 Å². The van der Waals surface area contributed by atoms with Crippen molar-refractivity contribution >= 4 is 5.91 Å². The van der Waals surface area contributed by atoms with E-state index >= 15 is 0 Å². The van der Waals surface area contributed by atoms with Gasteiger partial charge in [-0.3, -0.25) is 4.79 Å². The molecule has 1 aromatic rings. The van der Waals surface area contributed by atoms with Crippen molar-refractivity contribution < 1.29 is 20.1 Å². The number of carbonyl (C=O) groups is 1. The van der Waals surface area contributed by atoms with E-state index in [4.69, 9.17) is 0 Å². The summed E-state index contributed by atoms with van der Waals surface area (Å²) in [5.41, 5.74) is -0.0659. The lowest BCUT2D eigenvalue weighted by atomic mass is 10.3. The van der Waals surface area contributed by atoms with Crippen molar-refractivity contribution in [3.8, 4) is 5.75 Å². The van der Waals surface area contributed by atoms with Crippen LogP contribution in [-0.4, -0.2) is 56.4 Å². The van der Waals surface area contributed by atoms with Gasteiger partial charge in [-0.25, -0.2) is 4.98 Å². The standard InChI is InChI=1S/C10H12N2O4/c13-6-2-1-3-11-9(6)10(16)12-4-7(14)8(15)5-12/h1-3,7-8,13-15H,4-5H2/t7-,8+. The number of likely N-dealkylation sites (tertiary alicyclic amines) is 1. The second-order valence-corrected chi connectivity index (χ2v) is 3.72. The van der Waals surface area contributed by atoms with Crippen molar-refractivity contribution in [3.63, 3.8) is 0 Å². The number of rotatable bonds is 1. The Kier molecular flexibility index (Phi) is 2.76. The first-order chi connectivity index (χ1) is 7.59. The fraction of sp³-hybridized carbons (Fsp3) is 0.400. The first-order valence-corrected chi connectivity index (χ1v) is 4.89. The third-order valence-corrected chi connectivity index (χ3v) is 2.54. The molecule has 86 valence electrons. The molecule has 0 aliphatic carbocycles. The summed E-state index contributed by atoms with van der Waals surface area (Å²) in [6, 6.07) is 2.88. The molecule has 0 aromatic carbocycles. The molecular weight excluding hydrogens is 212 g/mol. The zero-order valence-corrected chi connectivity index (χ0v) is 8.45. The van der Waals surface area contributed by atoms with Gasteiger partial charge in [0.25, 0.3) is 5.91 Å². The van der Waals surface area contributed by atoms with Gasteiger partial charge in [0.2, 0.25) is 0 Å². The topological polar surface area (TPSA) is 93.9 Å². The summed E-state index contributed by atoms with van der Waals surface area (Å²) >= 11 is 0. The minimum absolute atomic E-state index is 0.0516. The molecule has 1 amide bonds. The summed E-state index contributed by atoms with van der Waals surface area (Å²) < 4.78 is 0. The van der Waals surface area contributed by atoms with Gasteiger partial charge in [0.05, 0.1) is 12.2 Å². The van der Waals surface area contributed by atoms with Gasteiger partial charge in [0.1, 0.15) is 5.75 Å². The van der Waals surface area contributed by atoms with Crippen LogP contribution >= 0.6 is 0 Å². The molecule has 0 saturated carbocycles. The van der Waals surface area contributed by atoms with Crippen molar-refractivity contribution in [1.29, 1.82) is 0 Å². The summed E-state index contributed by atoms with van der Waals surface area (Å²) in [7, 11) is 0. The number of aliphatic hydroxyl groups excluding tert-OH is 2. The third kappa shape index (κ3) is 1.84. The van der Waals surface area contributed by atoms with E-state index in [2.05, 4.69) is 4.98 Å². The number of carbonyl (C=O) groups excluding carboxylic acids is 1. The van der Waals surface area contributed by atoms with Crippen LogP contribution in [0, 0.1) is 0 Å². The Morgan fingerprint density at radius 3 is 2.56 bits per heavy atom. The van der Waals surface area contributed by atoms with E-state index in [1.54, 1.807) is 0 Å². The van der Waals surface area contributed by atoms with Crippen molar-refractivity contribution in [2.75, 3.05) is 13.1 Å². The second kappa shape index (κ2) is 4.07. The van der Waals surface area contributed by atoms with E-state index in [0.717, 1.165) is 0 Å². The number of hydrogen-bond acceptors (Lipinski definition) is 5. The molecule has 1 fully saturated rings. The van der Waals surface area contributed by atoms with Crippen LogP contribution in [-0.2, 0) is 0 Å². The molecule has 16 heavy (non-hydrogen) atoms. The van der Waals surface area contributed by atoms with E-state index in [0.29, 0.717) is 0 Å². The van der Waals surface area contributed by atoms with E-state index in [9.17, 15) is 20.1 Å². The van der Waals surface area contributed by atoms with E-state index < -0.39 is 18.1 Å². The fourth-order valence-electron chi connectivity index (χ4n) is 1.65. The molecule has 6 heteroatoms. The first-order valence-electron chi connectivity index (χ1n) is 4.89. The number of nitrogens with zero attached hydrogens (tertiary/aromatic N) is 2. The largest absolute Gasteiger partial charge is 0.505 e. The van der Waals surface area contributed by atoms with E-state index in [1.807, 2.05) is 0 Å². The molecule has 3 N–H and O–H groups in total. The average molecular weight is 224 g/mol. The highest BCUT2D eigenvalue weighted by molar-refractivity contribution is 5.95. The van der Waals surface area contributed by atoms with Gasteiger partial charge in [0, 0.05) is 19.3 Å². The van der Waals surface area contributed by atoms with Crippen LogP contribution in [0.4, 0.5) is 0 Å². The Labute approximate surface area is 91.8 Å². The number of pyridine rings is 1. The van der Waals surface area contributed by atoms with E-state index in [1.165, 1.54) is 23.2 Å². The summed E-state index contributed by atoms with van der Waals surface area (Å²) in [6.45, 7) is 0.103. The molecule has 1 saturated heterocycles. The number of aliphatic hydroxyl groups is 2. The lowest BCUT2D eigenvalue weighted by Gasteiger charge is -2.14. The van der Waals surface area contributed by atoms with Gasteiger partial charge < -0.3 is 20.2 Å². The Bertz CT molecular complexity index is 400. The first kappa shape index (κ1) is 10.8. The van der Waals surface area contributed by atoms with Crippen molar-refractivity contribution in [1.82, 2.24) is 9.88 Å². The molecule has 0 radical (unpaired) electrons. The lowest BCUT2D eigenvalue weighted by molar-refractivity contribution is 0.0572. The monoisotopic (exact) mass is 224 g/mol. The van der Waals surface area contributed by atoms with Gasteiger partial charge in [-0.1, -0.05) is 0 Å². The second-order valence-electron chi connectivity index (χ2n) is 3.72. The van der Waals surface area contributed by atoms with Gasteiger partial charge in [-0.15, -0.1) is 0 Å². The number of β-amino-alcohol motifs (C(OH)–C–C–N with tert-alkyl or cyclic N) is 2. The summed E-state index contributed by atoms with van der Waals surface area (Å²) in [5.74, 6) is -0.697. The highest BCUT2D eigenvalue weighted by Gasteiger charge is 2.34. The van der Waals surface area contributed by atoms with Gasteiger partial charge in [-0.05, 0) is 12.1 Å². The quantitative estimate of drug-likeness (QED) is 0.566. The average Bonchev–Trinajstić information content (AvgIpc) is 2.59. The van der Waals surface area contributed by atoms with Gasteiger partial charge in [-0.2, -0.15) is 0 Å². The maximum Gasteiger partial charge on any atom is 0.276 e. The molecule has 0 spiro atoms. The van der Waals surface area contributed by atoms with Crippen molar-refractivity contribution in [2.24, 2.45) is 0 Å². The van der Waals surface area contributed by atoms with Gasteiger partial charge >= 0.3 is 0 Å². The molecule has 2 atom stereocenters. The third-order valence-electron chi connectivity index (χ3n) is 2.54. The zero-order chi connectivity index (χ0) is 11.7. The maximum atomic E-state index is 11.8. The highest BCUT2D eigenvalue weighted by atomic mass is 16.3. The highest BCUT2D eigenvalue weighted by Crippen LogP contribution is 2.18. The van der Waals surface area contributed by atoms with Crippen LogP contribution in [0.3, 0.4) is 0 Å². The van der Waals surface area contributed by atoms with Crippen LogP contribution in [0.15, 0.2) is 18.3 Å².